The van der Waals surface area contributed by atoms with Gasteiger partial charge < -0.3 is 9.88 Å². The maximum Gasteiger partial charge on any atom is 0.238 e. The van der Waals surface area contributed by atoms with Crippen LogP contribution in [0.1, 0.15) is 33.2 Å². The summed E-state index contributed by atoms with van der Waals surface area (Å²) < 4.78 is 3.75. The fourth-order valence-corrected chi connectivity index (χ4v) is 3.45. The van der Waals surface area contributed by atoms with Gasteiger partial charge in [-0.15, -0.1) is 10.2 Å². The van der Waals surface area contributed by atoms with Gasteiger partial charge in [0.15, 0.2) is 11.0 Å². The summed E-state index contributed by atoms with van der Waals surface area (Å²) in [4.78, 5) is 12.6. The Hall–Kier alpha value is -2.61. The monoisotopic (exact) mass is 384 g/mol. The second kappa shape index (κ2) is 8.39. The smallest absolute Gasteiger partial charge is 0.238 e. The summed E-state index contributed by atoms with van der Waals surface area (Å²) in [5, 5.41) is 16.2. The normalized spacial score (nSPS) is 13.3. The van der Waals surface area contributed by atoms with E-state index in [4.69, 9.17) is 0 Å². The molecule has 8 heteroatoms. The number of nitrogens with one attached hydrogen (secondary N) is 1. The van der Waals surface area contributed by atoms with Crippen molar-refractivity contribution in [2.75, 3.05) is 5.32 Å². The van der Waals surface area contributed by atoms with Gasteiger partial charge in [-0.25, -0.2) is 4.68 Å². The average Bonchev–Trinajstić information content (AvgIpc) is 3.29. The number of benzene rings is 1. The van der Waals surface area contributed by atoms with E-state index in [2.05, 4.69) is 34.5 Å². The Labute approximate surface area is 163 Å². The molecule has 0 bridgehead atoms. The van der Waals surface area contributed by atoms with Gasteiger partial charge in [0, 0.05) is 18.7 Å². The number of thioether (sulfide) groups is 1. The number of amides is 1. The predicted molar refractivity (Wildman–Crippen MR) is 108 cm³/mol. The van der Waals surface area contributed by atoms with Crippen LogP contribution in [-0.2, 0) is 11.8 Å². The van der Waals surface area contributed by atoms with Crippen LogP contribution in [-0.4, -0.2) is 35.7 Å². The molecule has 0 radical (unpaired) electrons. The molecule has 0 spiro atoms. The Morgan fingerprint density at radius 1 is 1.19 bits per heavy atom. The summed E-state index contributed by atoms with van der Waals surface area (Å²) in [6.45, 7) is 6.03. The van der Waals surface area contributed by atoms with Crippen molar-refractivity contribution in [3.63, 3.8) is 0 Å². The van der Waals surface area contributed by atoms with Crippen LogP contribution < -0.4 is 5.32 Å². The highest BCUT2D eigenvalue weighted by atomic mass is 32.2. The largest absolute Gasteiger partial charge is 0.310 e. The molecule has 0 fully saturated rings. The van der Waals surface area contributed by atoms with Gasteiger partial charge in [-0.3, -0.25) is 4.79 Å². The topological polar surface area (TPSA) is 77.6 Å². The molecule has 0 aliphatic carbocycles. The van der Waals surface area contributed by atoms with E-state index < -0.39 is 0 Å². The zero-order valence-corrected chi connectivity index (χ0v) is 16.8. The first-order chi connectivity index (χ1) is 13.0. The Morgan fingerprint density at radius 3 is 2.63 bits per heavy atom. The van der Waals surface area contributed by atoms with Crippen molar-refractivity contribution in [2.24, 2.45) is 7.05 Å². The molecule has 2 heterocycles. The van der Waals surface area contributed by atoms with E-state index in [0.29, 0.717) is 11.0 Å². The summed E-state index contributed by atoms with van der Waals surface area (Å²) >= 11 is 1.38. The molecule has 7 nitrogen and oxygen atoms in total. The molecule has 2 atom stereocenters. The van der Waals surface area contributed by atoms with Crippen molar-refractivity contribution in [1.82, 2.24) is 24.5 Å². The number of hydrogen-bond donors (Lipinski definition) is 1. The molecule has 142 valence electrons. The molecule has 1 aromatic carbocycles. The van der Waals surface area contributed by atoms with E-state index in [9.17, 15) is 4.79 Å². The van der Waals surface area contributed by atoms with Crippen molar-refractivity contribution in [2.45, 2.75) is 43.6 Å². The number of carbonyl (C=O) groups excluding carboxylic acids is 1. The van der Waals surface area contributed by atoms with E-state index in [1.165, 1.54) is 11.8 Å². The number of anilines is 1. The van der Waals surface area contributed by atoms with E-state index in [1.54, 1.807) is 6.20 Å². The van der Waals surface area contributed by atoms with Crippen LogP contribution in [0.5, 0.6) is 0 Å². The van der Waals surface area contributed by atoms with E-state index >= 15 is 0 Å². The molecular formula is C19H24N6OS. The van der Waals surface area contributed by atoms with Gasteiger partial charge in [0.05, 0.1) is 17.5 Å². The number of hydrogen-bond acceptors (Lipinski definition) is 5. The summed E-state index contributed by atoms with van der Waals surface area (Å²) in [7, 11) is 1.91. The lowest BCUT2D eigenvalue weighted by Gasteiger charge is -2.16. The fourth-order valence-electron chi connectivity index (χ4n) is 2.63. The van der Waals surface area contributed by atoms with Crippen molar-refractivity contribution in [3.8, 4) is 11.4 Å². The maximum atomic E-state index is 12.6. The first-order valence-corrected chi connectivity index (χ1v) is 9.85. The first-order valence-electron chi connectivity index (χ1n) is 8.97. The molecule has 2 aromatic heterocycles. The minimum absolute atomic E-state index is 0.0886. The van der Waals surface area contributed by atoms with Crippen molar-refractivity contribution in [3.05, 3.63) is 42.6 Å². The lowest BCUT2D eigenvalue weighted by atomic mass is 10.2. The minimum Gasteiger partial charge on any atom is -0.310 e. The molecule has 0 saturated heterocycles. The summed E-state index contributed by atoms with van der Waals surface area (Å²) in [5.41, 5.74) is 0.994. The summed E-state index contributed by atoms with van der Waals surface area (Å²) in [5.74, 6) is 1.40. The second-order valence-electron chi connectivity index (χ2n) is 6.40. The first kappa shape index (κ1) is 19.2. The summed E-state index contributed by atoms with van der Waals surface area (Å²) in [6.07, 6.45) is 2.64. The number of carbonyl (C=O) groups is 1. The third-order valence-corrected chi connectivity index (χ3v) is 5.58. The SMILES string of the molecule is CC[C@H](C)n1nccc1NC(=O)[C@H](C)Sc1nnc(-c2ccccc2)n1C. The molecule has 0 saturated carbocycles. The van der Waals surface area contributed by atoms with Crippen LogP contribution >= 0.6 is 11.8 Å². The van der Waals surface area contributed by atoms with Crippen molar-refractivity contribution >= 4 is 23.5 Å². The van der Waals surface area contributed by atoms with Gasteiger partial charge in [-0.1, -0.05) is 49.0 Å². The molecule has 3 rings (SSSR count). The van der Waals surface area contributed by atoms with Crippen LogP contribution in [0.15, 0.2) is 47.8 Å². The Kier molecular flexibility index (Phi) is 5.95. The van der Waals surface area contributed by atoms with Gasteiger partial charge in [0.1, 0.15) is 5.82 Å². The number of rotatable bonds is 7. The van der Waals surface area contributed by atoms with Crippen LogP contribution in [0.4, 0.5) is 5.82 Å². The Bertz CT molecular complexity index is 904. The molecule has 0 aliphatic heterocycles. The van der Waals surface area contributed by atoms with Crippen LogP contribution in [0, 0.1) is 0 Å². The zero-order chi connectivity index (χ0) is 19.4. The molecule has 3 aromatic rings. The van der Waals surface area contributed by atoms with E-state index in [0.717, 1.165) is 17.8 Å². The lowest BCUT2D eigenvalue weighted by molar-refractivity contribution is -0.115. The fraction of sp³-hybridized carbons (Fsp3) is 0.368. The third kappa shape index (κ3) is 4.21. The molecule has 27 heavy (non-hydrogen) atoms. The predicted octanol–water partition coefficient (Wildman–Crippen LogP) is 3.77. The molecule has 1 amide bonds. The van der Waals surface area contributed by atoms with Gasteiger partial charge in [-0.05, 0) is 20.3 Å². The van der Waals surface area contributed by atoms with Crippen molar-refractivity contribution in [1.29, 1.82) is 0 Å². The minimum atomic E-state index is -0.322. The average molecular weight is 385 g/mol. The molecular weight excluding hydrogens is 360 g/mol. The second-order valence-corrected chi connectivity index (χ2v) is 7.71. The quantitative estimate of drug-likeness (QED) is 0.628. The van der Waals surface area contributed by atoms with Gasteiger partial charge in [-0.2, -0.15) is 5.10 Å². The number of nitrogens with zero attached hydrogens (tertiary/aromatic N) is 5. The van der Waals surface area contributed by atoms with Crippen LogP contribution in [0.2, 0.25) is 0 Å². The molecule has 0 unspecified atom stereocenters. The van der Waals surface area contributed by atoms with Gasteiger partial charge in [0.25, 0.3) is 0 Å². The highest BCUT2D eigenvalue weighted by molar-refractivity contribution is 8.00. The lowest BCUT2D eigenvalue weighted by Crippen LogP contribution is -2.25. The third-order valence-electron chi connectivity index (χ3n) is 4.45. The molecule has 1 N–H and O–H groups in total. The highest BCUT2D eigenvalue weighted by Crippen LogP contribution is 2.26. The number of aromatic nitrogens is 5. The zero-order valence-electron chi connectivity index (χ0n) is 16.0. The Morgan fingerprint density at radius 2 is 1.93 bits per heavy atom. The van der Waals surface area contributed by atoms with Crippen molar-refractivity contribution < 1.29 is 4.79 Å². The maximum absolute atomic E-state index is 12.6. The Balaban J connectivity index is 1.69. The van der Waals surface area contributed by atoms with E-state index in [-0.39, 0.29) is 17.2 Å². The molecule has 0 aliphatic rings. The van der Waals surface area contributed by atoms with Gasteiger partial charge >= 0.3 is 0 Å². The van der Waals surface area contributed by atoms with Crippen LogP contribution in [0.3, 0.4) is 0 Å². The van der Waals surface area contributed by atoms with Gasteiger partial charge in [0.2, 0.25) is 5.91 Å². The highest BCUT2D eigenvalue weighted by Gasteiger charge is 2.21. The summed E-state index contributed by atoms with van der Waals surface area (Å²) in [6, 6.07) is 11.9. The van der Waals surface area contributed by atoms with E-state index in [1.807, 2.05) is 59.6 Å². The van der Waals surface area contributed by atoms with Crippen LogP contribution in [0.25, 0.3) is 11.4 Å². The standard InChI is InChI=1S/C19H24N6OS/c1-5-13(2)25-16(11-12-20-25)21-18(26)14(3)27-19-23-22-17(24(19)4)15-9-7-6-8-10-15/h6-14H,5H2,1-4H3,(H,21,26)/t13-,14-/m0/s1.